The quantitative estimate of drug-likeness (QED) is 0.868. The summed E-state index contributed by atoms with van der Waals surface area (Å²) in [5, 5.41) is 11.9. The van der Waals surface area contributed by atoms with Crippen LogP contribution < -0.4 is 5.32 Å². The predicted molar refractivity (Wildman–Crippen MR) is 89.2 cm³/mol. The molecular formula is C15H22N6OS. The summed E-state index contributed by atoms with van der Waals surface area (Å²) < 4.78 is 0. The van der Waals surface area contributed by atoms with E-state index in [1.165, 1.54) is 24.1 Å². The molecule has 2 atom stereocenters. The monoisotopic (exact) mass is 334 g/mol. The van der Waals surface area contributed by atoms with Crippen molar-refractivity contribution in [2.75, 3.05) is 26.2 Å². The molecule has 0 bridgehead atoms. The maximum Gasteiger partial charge on any atom is 0.270 e. The summed E-state index contributed by atoms with van der Waals surface area (Å²) in [4.78, 5) is 22.9. The number of aromatic nitrogens is 4. The van der Waals surface area contributed by atoms with E-state index in [2.05, 4.69) is 44.2 Å². The van der Waals surface area contributed by atoms with Gasteiger partial charge in [-0.05, 0) is 18.3 Å². The summed E-state index contributed by atoms with van der Waals surface area (Å²) in [6.45, 7) is 8.36. The molecule has 0 radical (unpaired) electrons. The first-order valence-electron chi connectivity index (χ1n) is 7.93. The van der Waals surface area contributed by atoms with E-state index in [1.807, 2.05) is 0 Å². The van der Waals surface area contributed by atoms with E-state index in [9.17, 15) is 4.79 Å². The highest BCUT2D eigenvalue weighted by Crippen LogP contribution is 2.21. The summed E-state index contributed by atoms with van der Waals surface area (Å²) >= 11 is 1.38. The van der Waals surface area contributed by atoms with Crippen molar-refractivity contribution >= 4 is 17.2 Å². The molecule has 1 aliphatic heterocycles. The lowest BCUT2D eigenvalue weighted by molar-refractivity contribution is 0.0932. The van der Waals surface area contributed by atoms with Crippen molar-refractivity contribution in [1.29, 1.82) is 0 Å². The molecule has 7 nitrogen and oxygen atoms in total. The van der Waals surface area contributed by atoms with E-state index < -0.39 is 0 Å². The molecule has 1 aliphatic rings. The van der Waals surface area contributed by atoms with Gasteiger partial charge in [0.05, 0.1) is 0 Å². The number of thiazole rings is 1. The van der Waals surface area contributed by atoms with Gasteiger partial charge in [-0.3, -0.25) is 9.89 Å². The van der Waals surface area contributed by atoms with E-state index in [1.54, 1.807) is 5.38 Å². The minimum Gasteiger partial charge on any atom is -0.349 e. The third kappa shape index (κ3) is 4.14. The first kappa shape index (κ1) is 16.1. The van der Waals surface area contributed by atoms with E-state index in [0.29, 0.717) is 23.1 Å². The Balaban J connectivity index is 1.48. The van der Waals surface area contributed by atoms with Crippen LogP contribution in [0.5, 0.6) is 0 Å². The summed E-state index contributed by atoms with van der Waals surface area (Å²) in [7, 11) is 0. The summed E-state index contributed by atoms with van der Waals surface area (Å²) in [5.74, 6) is 1.92. The Hall–Kier alpha value is -1.80. The minimum atomic E-state index is -0.134. The molecule has 2 unspecified atom stereocenters. The van der Waals surface area contributed by atoms with Gasteiger partial charge in [-0.2, -0.15) is 5.10 Å². The molecule has 2 aromatic rings. The van der Waals surface area contributed by atoms with Crippen LogP contribution >= 0.6 is 11.3 Å². The molecule has 23 heavy (non-hydrogen) atoms. The van der Waals surface area contributed by atoms with E-state index >= 15 is 0 Å². The summed E-state index contributed by atoms with van der Waals surface area (Å²) in [5.41, 5.74) is 0.432. The lowest BCUT2D eigenvalue weighted by Crippen LogP contribution is -2.42. The average molecular weight is 334 g/mol. The lowest BCUT2D eigenvalue weighted by atomic mass is 9.92. The molecule has 1 fully saturated rings. The van der Waals surface area contributed by atoms with Gasteiger partial charge in [-0.15, -0.1) is 11.3 Å². The summed E-state index contributed by atoms with van der Waals surface area (Å²) in [6.07, 6.45) is 2.73. The van der Waals surface area contributed by atoms with Gasteiger partial charge in [0.1, 0.15) is 12.0 Å². The van der Waals surface area contributed by atoms with Gasteiger partial charge in [-0.25, -0.2) is 9.97 Å². The molecule has 8 heteroatoms. The molecule has 3 heterocycles. The molecule has 0 aliphatic carbocycles. The van der Waals surface area contributed by atoms with Crippen molar-refractivity contribution in [3.05, 3.63) is 17.4 Å². The number of nitrogens with one attached hydrogen (secondary N) is 2. The number of carbonyl (C=O) groups is 1. The number of rotatable bonds is 5. The van der Waals surface area contributed by atoms with E-state index in [4.69, 9.17) is 0 Å². The van der Waals surface area contributed by atoms with Crippen molar-refractivity contribution in [3.8, 4) is 10.8 Å². The van der Waals surface area contributed by atoms with Crippen LogP contribution in [0.15, 0.2) is 11.7 Å². The number of carbonyl (C=O) groups excluding carboxylic acids is 1. The summed E-state index contributed by atoms with van der Waals surface area (Å²) in [6, 6.07) is 0. The molecule has 1 saturated heterocycles. The standard InChI is InChI=1S/C15H22N6OS/c1-10-5-11(2)7-21(6-10)4-3-16-14(22)12-8-23-15(19-12)13-17-9-18-20-13/h8-11H,3-7H2,1-2H3,(H,16,22)(H,17,18,20). The second-order valence-corrected chi connectivity index (χ2v) is 7.19. The number of hydrogen-bond donors (Lipinski definition) is 2. The predicted octanol–water partition coefficient (Wildman–Crippen LogP) is 1.64. The van der Waals surface area contributed by atoms with Gasteiger partial charge in [0.2, 0.25) is 0 Å². The highest BCUT2D eigenvalue weighted by atomic mass is 32.1. The van der Waals surface area contributed by atoms with Crippen LogP contribution in [0.25, 0.3) is 10.8 Å². The van der Waals surface area contributed by atoms with Crippen LogP contribution in [0.1, 0.15) is 30.8 Å². The van der Waals surface area contributed by atoms with Crippen molar-refractivity contribution in [2.24, 2.45) is 11.8 Å². The zero-order valence-corrected chi connectivity index (χ0v) is 14.3. The molecule has 124 valence electrons. The van der Waals surface area contributed by atoms with Crippen LogP contribution in [0.3, 0.4) is 0 Å². The topological polar surface area (TPSA) is 86.8 Å². The van der Waals surface area contributed by atoms with Gasteiger partial charge in [0.25, 0.3) is 5.91 Å². The molecule has 2 aromatic heterocycles. The van der Waals surface area contributed by atoms with Crippen LogP contribution in [0.2, 0.25) is 0 Å². The Bertz CT molecular complexity index is 630. The van der Waals surface area contributed by atoms with E-state index in [-0.39, 0.29) is 5.91 Å². The number of likely N-dealkylation sites (tertiary alicyclic amines) is 1. The maximum absolute atomic E-state index is 12.2. The Labute approximate surface area is 139 Å². The van der Waals surface area contributed by atoms with Gasteiger partial charge >= 0.3 is 0 Å². The SMILES string of the molecule is CC1CC(C)CN(CCNC(=O)c2csc(-c3ncn[nH]3)n2)C1. The Morgan fingerprint density at radius 1 is 1.43 bits per heavy atom. The second kappa shape index (κ2) is 7.18. The molecular weight excluding hydrogens is 312 g/mol. The molecule has 1 amide bonds. The van der Waals surface area contributed by atoms with Gasteiger partial charge in [0, 0.05) is 31.6 Å². The smallest absolute Gasteiger partial charge is 0.270 e. The first-order chi connectivity index (χ1) is 11.1. The zero-order chi connectivity index (χ0) is 16.2. The van der Waals surface area contributed by atoms with Crippen LogP contribution in [0.4, 0.5) is 0 Å². The molecule has 3 rings (SSSR count). The molecule has 0 spiro atoms. The Morgan fingerprint density at radius 3 is 2.91 bits per heavy atom. The van der Waals surface area contributed by atoms with Crippen molar-refractivity contribution in [3.63, 3.8) is 0 Å². The second-order valence-electron chi connectivity index (χ2n) is 6.33. The number of amides is 1. The van der Waals surface area contributed by atoms with Crippen molar-refractivity contribution in [1.82, 2.24) is 30.4 Å². The first-order valence-corrected chi connectivity index (χ1v) is 8.81. The molecule has 0 saturated carbocycles. The lowest BCUT2D eigenvalue weighted by Gasteiger charge is -2.34. The van der Waals surface area contributed by atoms with Crippen molar-refractivity contribution in [2.45, 2.75) is 20.3 Å². The third-order valence-corrected chi connectivity index (χ3v) is 4.86. The number of nitrogens with zero attached hydrogens (tertiary/aromatic N) is 4. The number of hydrogen-bond acceptors (Lipinski definition) is 6. The number of aromatic amines is 1. The normalized spacial score (nSPS) is 22.2. The fourth-order valence-corrected chi connectivity index (χ4v) is 3.93. The zero-order valence-electron chi connectivity index (χ0n) is 13.5. The van der Waals surface area contributed by atoms with Gasteiger partial charge in [-0.1, -0.05) is 13.8 Å². The van der Waals surface area contributed by atoms with Gasteiger partial charge in [0.15, 0.2) is 10.8 Å². The fourth-order valence-electron chi connectivity index (χ4n) is 3.19. The largest absolute Gasteiger partial charge is 0.349 e. The minimum absolute atomic E-state index is 0.134. The molecule has 0 aromatic carbocycles. The number of H-pyrrole nitrogens is 1. The highest BCUT2D eigenvalue weighted by Gasteiger charge is 2.21. The average Bonchev–Trinajstić information content (AvgIpc) is 3.17. The Kier molecular flexibility index (Phi) is 5.02. The van der Waals surface area contributed by atoms with Crippen LogP contribution in [-0.2, 0) is 0 Å². The van der Waals surface area contributed by atoms with Crippen LogP contribution in [-0.4, -0.2) is 57.2 Å². The van der Waals surface area contributed by atoms with Crippen LogP contribution in [0, 0.1) is 11.8 Å². The maximum atomic E-state index is 12.2. The fraction of sp³-hybridized carbons (Fsp3) is 0.600. The third-order valence-electron chi connectivity index (χ3n) is 4.01. The van der Waals surface area contributed by atoms with Crippen molar-refractivity contribution < 1.29 is 4.79 Å². The number of piperidine rings is 1. The van der Waals surface area contributed by atoms with Gasteiger partial charge < -0.3 is 10.2 Å². The highest BCUT2D eigenvalue weighted by molar-refractivity contribution is 7.13. The molecule has 2 N–H and O–H groups in total. The van der Waals surface area contributed by atoms with E-state index in [0.717, 1.165) is 31.5 Å². The Morgan fingerprint density at radius 2 is 2.22 bits per heavy atom.